The highest BCUT2D eigenvalue weighted by Gasteiger charge is 2.30. The number of benzene rings is 1. The fourth-order valence-corrected chi connectivity index (χ4v) is 6.56. The molecule has 0 aliphatic carbocycles. The van der Waals surface area contributed by atoms with E-state index in [2.05, 4.69) is 25.6 Å². The molecule has 0 atom stereocenters. The van der Waals surface area contributed by atoms with Gasteiger partial charge in [-0.1, -0.05) is 6.07 Å². The lowest BCUT2D eigenvalue weighted by atomic mass is 10.1. The normalized spacial score (nSPS) is 14.2. The van der Waals surface area contributed by atoms with Crippen LogP contribution in [0.5, 0.6) is 0 Å². The van der Waals surface area contributed by atoms with Crippen LogP contribution in [0.4, 0.5) is 17.5 Å². The summed E-state index contributed by atoms with van der Waals surface area (Å²) in [7, 11) is -6.26. The molecule has 1 saturated heterocycles. The molecule has 1 amide bonds. The number of anilines is 3. The number of nitriles is 1. The van der Waals surface area contributed by atoms with E-state index < -0.39 is 26.0 Å². The number of nitrogens with one attached hydrogen (secondary N) is 2. The van der Waals surface area contributed by atoms with Gasteiger partial charge in [0.15, 0.2) is 0 Å². The Labute approximate surface area is 268 Å². The Bertz CT molecular complexity index is 1820. The van der Waals surface area contributed by atoms with Crippen molar-refractivity contribution in [2.75, 3.05) is 67.1 Å². The number of carbonyl (C=O) groups excluding carboxylic acids is 1. The molecule has 1 aromatic carbocycles. The molecule has 0 spiro atoms. The summed E-state index contributed by atoms with van der Waals surface area (Å²) in [5.74, 6) is -0.196. The molecule has 1 aliphatic rings. The first-order valence-corrected chi connectivity index (χ1v) is 17.5. The molecule has 3 heterocycles. The summed E-state index contributed by atoms with van der Waals surface area (Å²) in [6.07, 6.45) is 2.18. The number of nitrogens with two attached hydrogens (primary N) is 2. The van der Waals surface area contributed by atoms with Crippen molar-refractivity contribution in [2.24, 2.45) is 11.5 Å². The van der Waals surface area contributed by atoms with Crippen LogP contribution in [0.2, 0.25) is 0 Å². The lowest BCUT2D eigenvalue weighted by Crippen LogP contribution is -2.49. The molecule has 0 unspecified atom stereocenters. The van der Waals surface area contributed by atoms with Crippen LogP contribution in [0.1, 0.15) is 27.3 Å². The number of aryl methyl sites for hydroxylation is 1. The van der Waals surface area contributed by atoms with E-state index >= 15 is 0 Å². The third-order valence-corrected chi connectivity index (χ3v) is 10.5. The van der Waals surface area contributed by atoms with Crippen LogP contribution in [0, 0.1) is 18.3 Å². The van der Waals surface area contributed by atoms with Gasteiger partial charge >= 0.3 is 0 Å². The van der Waals surface area contributed by atoms with Crippen LogP contribution in [0.15, 0.2) is 47.5 Å². The second-order valence-electron chi connectivity index (χ2n) is 10.7. The maximum Gasteiger partial charge on any atom is 0.258 e. The van der Waals surface area contributed by atoms with E-state index in [-0.39, 0.29) is 46.8 Å². The van der Waals surface area contributed by atoms with E-state index in [4.69, 9.17) is 11.5 Å². The fourth-order valence-electron chi connectivity index (χ4n) is 4.67. The smallest absolute Gasteiger partial charge is 0.258 e. The molecule has 1 aliphatic heterocycles. The highest BCUT2D eigenvalue weighted by Crippen LogP contribution is 2.25. The maximum atomic E-state index is 13.4. The van der Waals surface area contributed by atoms with Crippen LogP contribution < -0.4 is 31.3 Å². The third kappa shape index (κ3) is 8.12. The Kier molecular flexibility index (Phi) is 10.9. The summed E-state index contributed by atoms with van der Waals surface area (Å²) in [5.41, 5.74) is 13.2. The van der Waals surface area contributed by atoms with E-state index in [1.54, 1.807) is 25.1 Å². The van der Waals surface area contributed by atoms with Crippen molar-refractivity contribution in [1.82, 2.24) is 24.6 Å². The molecule has 3 aromatic rings. The number of sulfonamides is 2. The van der Waals surface area contributed by atoms with Gasteiger partial charge in [-0.05, 0) is 42.8 Å². The predicted molar refractivity (Wildman–Crippen MR) is 173 cm³/mol. The minimum atomic E-state index is -3.90. The van der Waals surface area contributed by atoms with Gasteiger partial charge < -0.3 is 27.0 Å². The molecule has 2 aromatic heterocycles. The number of carbonyl (C=O) groups is 1. The van der Waals surface area contributed by atoms with E-state index in [1.165, 1.54) is 29.6 Å². The summed E-state index contributed by atoms with van der Waals surface area (Å²) in [5, 5.41) is 15.0. The molecular formula is C28H37N11O5S2. The van der Waals surface area contributed by atoms with Gasteiger partial charge in [-0.15, -0.1) is 0 Å². The van der Waals surface area contributed by atoms with Gasteiger partial charge in [0.1, 0.15) is 22.5 Å². The highest BCUT2D eigenvalue weighted by molar-refractivity contribution is 7.92. The van der Waals surface area contributed by atoms with Gasteiger partial charge in [-0.2, -0.15) is 9.57 Å². The monoisotopic (exact) mass is 671 g/mol. The summed E-state index contributed by atoms with van der Waals surface area (Å²) < 4.78 is 53.6. The SMILES string of the molecule is Cc1cc(C#N)nc(N2CCN(S(=O)(=O)c3ccc(NC(=O)c4cc(CNC(CN)CN)ccc4N(C)S(C)(=O)=O)nc3)CC2)n1. The van der Waals surface area contributed by atoms with Crippen LogP contribution in [0.25, 0.3) is 0 Å². The number of hydrogen-bond acceptors (Lipinski definition) is 13. The highest BCUT2D eigenvalue weighted by atomic mass is 32.2. The van der Waals surface area contributed by atoms with Gasteiger partial charge in [0, 0.05) is 70.8 Å². The van der Waals surface area contributed by atoms with E-state index in [0.29, 0.717) is 49.9 Å². The number of nitrogens with zero attached hydrogens (tertiary/aromatic N) is 7. The number of hydrogen-bond donors (Lipinski definition) is 4. The molecule has 0 radical (unpaired) electrons. The van der Waals surface area contributed by atoms with E-state index in [1.807, 2.05) is 11.0 Å². The maximum absolute atomic E-state index is 13.4. The Morgan fingerprint density at radius 2 is 1.76 bits per heavy atom. The molecular weight excluding hydrogens is 635 g/mol. The number of pyridine rings is 1. The van der Waals surface area contributed by atoms with Crippen molar-refractivity contribution in [3.63, 3.8) is 0 Å². The number of piperazine rings is 1. The topological polar surface area (TPSA) is 234 Å². The minimum Gasteiger partial charge on any atom is -0.338 e. The zero-order chi connectivity index (χ0) is 33.6. The Morgan fingerprint density at radius 1 is 1.07 bits per heavy atom. The second-order valence-corrected chi connectivity index (χ2v) is 14.6. The van der Waals surface area contributed by atoms with Crippen molar-refractivity contribution in [1.29, 1.82) is 5.26 Å². The predicted octanol–water partition coefficient (Wildman–Crippen LogP) is -0.414. The lowest BCUT2D eigenvalue weighted by Gasteiger charge is -2.34. The van der Waals surface area contributed by atoms with Crippen LogP contribution in [0.3, 0.4) is 0 Å². The summed E-state index contributed by atoms with van der Waals surface area (Å²) in [4.78, 5) is 27.9. The first kappa shape index (κ1) is 34.6. The fraction of sp³-hybridized carbons (Fsp3) is 0.393. The molecule has 246 valence electrons. The number of rotatable bonds is 12. The average molecular weight is 672 g/mol. The Balaban J connectivity index is 1.48. The first-order valence-electron chi connectivity index (χ1n) is 14.3. The minimum absolute atomic E-state index is 0.0579. The van der Waals surface area contributed by atoms with Crippen LogP contribution in [-0.4, -0.2) is 101 Å². The van der Waals surface area contributed by atoms with Crippen molar-refractivity contribution >= 4 is 43.4 Å². The third-order valence-electron chi connectivity index (χ3n) is 7.40. The van der Waals surface area contributed by atoms with Gasteiger partial charge in [0.05, 0.1) is 17.5 Å². The van der Waals surface area contributed by atoms with Crippen LogP contribution >= 0.6 is 0 Å². The quantitative estimate of drug-likeness (QED) is 0.192. The zero-order valence-electron chi connectivity index (χ0n) is 25.7. The zero-order valence-corrected chi connectivity index (χ0v) is 27.3. The van der Waals surface area contributed by atoms with Crippen LogP contribution in [-0.2, 0) is 26.6 Å². The number of aromatic nitrogens is 3. The van der Waals surface area contributed by atoms with Gasteiger partial charge in [-0.25, -0.2) is 31.8 Å². The molecule has 0 saturated carbocycles. The Hall–Kier alpha value is -4.25. The average Bonchev–Trinajstić information content (AvgIpc) is 3.04. The molecule has 16 nitrogen and oxygen atoms in total. The Morgan fingerprint density at radius 3 is 2.35 bits per heavy atom. The van der Waals surface area contributed by atoms with Crippen molar-refractivity contribution in [2.45, 2.75) is 24.4 Å². The molecule has 6 N–H and O–H groups in total. The summed E-state index contributed by atoms with van der Waals surface area (Å²) >= 11 is 0. The van der Waals surface area contributed by atoms with Crippen molar-refractivity contribution in [3.05, 3.63) is 65.1 Å². The van der Waals surface area contributed by atoms with Gasteiger partial charge in [-0.3, -0.25) is 9.10 Å². The first-order chi connectivity index (χ1) is 21.8. The largest absolute Gasteiger partial charge is 0.338 e. The molecule has 4 rings (SSSR count). The summed E-state index contributed by atoms with van der Waals surface area (Å²) in [6, 6.07) is 10.9. The van der Waals surface area contributed by atoms with Crippen molar-refractivity contribution in [3.8, 4) is 6.07 Å². The lowest BCUT2D eigenvalue weighted by molar-refractivity contribution is 0.102. The van der Waals surface area contributed by atoms with E-state index in [9.17, 15) is 26.9 Å². The molecule has 18 heteroatoms. The number of amides is 1. The van der Waals surface area contributed by atoms with Gasteiger partial charge in [0.25, 0.3) is 5.91 Å². The molecule has 1 fully saturated rings. The standard InChI is InChI=1S/C28H37N11O5S2/c1-19-12-21(14-29)35-28(34-19)38-8-10-39(11-9-38)46(43,44)23-5-7-26(33-18-23)36-27(40)24-13-20(17-32-22(15-30)16-31)4-6-25(24)37(2)45(3,41)42/h4-7,12-13,18,22,32H,8-11,15-17,30-31H2,1-3H3,(H,33,36,40). The second kappa shape index (κ2) is 14.5. The van der Waals surface area contributed by atoms with E-state index in [0.717, 1.165) is 16.8 Å². The van der Waals surface area contributed by atoms with Gasteiger partial charge in [0.2, 0.25) is 26.0 Å². The molecule has 46 heavy (non-hydrogen) atoms. The summed E-state index contributed by atoms with van der Waals surface area (Å²) in [6.45, 7) is 3.71. The van der Waals surface area contributed by atoms with Crippen molar-refractivity contribution < 1.29 is 21.6 Å². The molecule has 0 bridgehead atoms.